The highest BCUT2D eigenvalue weighted by atomic mass is 19.1. The maximum Gasteiger partial charge on any atom is 0.306 e. The first kappa shape index (κ1) is 13.6. The molecular weight excluding hydrogens is 195 g/mol. The van der Waals surface area contributed by atoms with Crippen molar-refractivity contribution in [3.8, 4) is 0 Å². The zero-order chi connectivity index (χ0) is 11.8. The summed E-state index contributed by atoms with van der Waals surface area (Å²) in [4.78, 5) is 10.5. The normalized spacial score (nSPS) is 11.2. The van der Waals surface area contributed by atoms with Gasteiger partial charge < -0.3 is 5.11 Å². The van der Waals surface area contributed by atoms with Gasteiger partial charge >= 0.3 is 5.97 Å². The molecule has 3 heteroatoms. The van der Waals surface area contributed by atoms with Gasteiger partial charge in [-0.05, 0) is 18.1 Å². The molecule has 0 bridgehead atoms. The minimum absolute atomic E-state index is 0.238. The Balaban J connectivity index is 0.000000921. The lowest BCUT2D eigenvalue weighted by atomic mass is 10.0. The van der Waals surface area contributed by atoms with E-state index >= 15 is 0 Å². The molecule has 2 nitrogen and oxygen atoms in total. The average Bonchev–Trinajstić information content (AvgIpc) is 2.24. The van der Waals surface area contributed by atoms with Gasteiger partial charge in [0.25, 0.3) is 0 Å². The molecule has 0 saturated carbocycles. The van der Waals surface area contributed by atoms with Crippen molar-refractivity contribution in [2.45, 2.75) is 27.2 Å². The second-order valence-electron chi connectivity index (χ2n) is 3.03. The highest BCUT2D eigenvalue weighted by Gasteiger charge is 2.13. The van der Waals surface area contributed by atoms with Crippen LogP contribution in [0.5, 0.6) is 0 Å². The molecule has 0 aliphatic rings. The Labute approximate surface area is 89.7 Å². The Morgan fingerprint density at radius 2 is 1.93 bits per heavy atom. The monoisotopic (exact) mass is 212 g/mol. The molecule has 0 aliphatic carbocycles. The molecule has 0 fully saturated rings. The van der Waals surface area contributed by atoms with E-state index in [-0.39, 0.29) is 12.2 Å². The van der Waals surface area contributed by atoms with E-state index in [1.807, 2.05) is 13.8 Å². The van der Waals surface area contributed by atoms with Crippen molar-refractivity contribution >= 4 is 5.97 Å². The van der Waals surface area contributed by atoms with Crippen LogP contribution in [0.15, 0.2) is 24.3 Å². The topological polar surface area (TPSA) is 37.3 Å². The van der Waals surface area contributed by atoms with Gasteiger partial charge in [0.1, 0.15) is 5.82 Å². The smallest absolute Gasteiger partial charge is 0.306 e. The van der Waals surface area contributed by atoms with Crippen molar-refractivity contribution < 1.29 is 14.3 Å². The van der Waals surface area contributed by atoms with E-state index in [1.54, 1.807) is 25.1 Å². The summed E-state index contributed by atoms with van der Waals surface area (Å²) in [5, 5.41) is 8.61. The Morgan fingerprint density at radius 1 is 1.40 bits per heavy atom. The van der Waals surface area contributed by atoms with Crippen molar-refractivity contribution in [2.75, 3.05) is 0 Å². The van der Waals surface area contributed by atoms with Crippen LogP contribution in [0.1, 0.15) is 26.3 Å². The largest absolute Gasteiger partial charge is 0.481 e. The first-order chi connectivity index (χ1) is 7.11. The lowest BCUT2D eigenvalue weighted by Crippen LogP contribution is -2.12. The zero-order valence-electron chi connectivity index (χ0n) is 9.33. The van der Waals surface area contributed by atoms with Crippen molar-refractivity contribution in [3.05, 3.63) is 35.6 Å². The lowest BCUT2D eigenvalue weighted by Gasteiger charge is -2.06. The van der Waals surface area contributed by atoms with E-state index in [0.29, 0.717) is 5.56 Å². The number of carboxylic acid groups (broad SMARTS) is 1. The van der Waals surface area contributed by atoms with Crippen LogP contribution in [-0.2, 0) is 11.2 Å². The molecule has 1 N–H and O–H groups in total. The van der Waals surface area contributed by atoms with Crippen LogP contribution >= 0.6 is 0 Å². The predicted molar refractivity (Wildman–Crippen MR) is 58.3 cm³/mol. The SMILES string of the molecule is CC.CC(Cc1ccccc1F)C(=O)O. The number of hydrogen-bond acceptors (Lipinski definition) is 1. The van der Waals surface area contributed by atoms with Crippen LogP contribution in [0.25, 0.3) is 0 Å². The van der Waals surface area contributed by atoms with Crippen LogP contribution in [0.3, 0.4) is 0 Å². The number of rotatable bonds is 3. The van der Waals surface area contributed by atoms with E-state index in [2.05, 4.69) is 0 Å². The van der Waals surface area contributed by atoms with Gasteiger partial charge in [-0.3, -0.25) is 4.79 Å². The summed E-state index contributed by atoms with van der Waals surface area (Å²) in [6, 6.07) is 6.23. The summed E-state index contributed by atoms with van der Waals surface area (Å²) in [5.74, 6) is -1.78. The fourth-order valence-corrected chi connectivity index (χ4v) is 1.08. The van der Waals surface area contributed by atoms with Gasteiger partial charge in [-0.25, -0.2) is 4.39 Å². The molecule has 1 aromatic rings. The number of aliphatic carboxylic acids is 1. The summed E-state index contributed by atoms with van der Waals surface area (Å²) in [5.41, 5.74) is 0.456. The molecule has 84 valence electrons. The van der Waals surface area contributed by atoms with Crippen LogP contribution in [0.2, 0.25) is 0 Å². The molecular formula is C12H17FO2. The summed E-state index contributed by atoms with van der Waals surface area (Å²) >= 11 is 0. The lowest BCUT2D eigenvalue weighted by molar-refractivity contribution is -0.141. The standard InChI is InChI=1S/C10H11FO2.C2H6/c1-7(10(12)13)6-8-4-2-3-5-9(8)11;1-2/h2-5,7H,6H2,1H3,(H,12,13);1-2H3. The van der Waals surface area contributed by atoms with E-state index in [4.69, 9.17) is 5.11 Å². The van der Waals surface area contributed by atoms with E-state index in [0.717, 1.165) is 0 Å². The van der Waals surface area contributed by atoms with Gasteiger partial charge in [0, 0.05) is 0 Å². The number of carbonyl (C=O) groups is 1. The fourth-order valence-electron chi connectivity index (χ4n) is 1.08. The molecule has 0 saturated heterocycles. The quantitative estimate of drug-likeness (QED) is 0.835. The Hall–Kier alpha value is -1.38. The molecule has 0 aliphatic heterocycles. The van der Waals surface area contributed by atoms with Crippen LogP contribution in [-0.4, -0.2) is 11.1 Å². The molecule has 15 heavy (non-hydrogen) atoms. The van der Waals surface area contributed by atoms with Crippen molar-refractivity contribution in [1.29, 1.82) is 0 Å². The summed E-state index contributed by atoms with van der Waals surface area (Å²) < 4.78 is 13.0. The highest BCUT2D eigenvalue weighted by Crippen LogP contribution is 2.12. The number of halogens is 1. The first-order valence-electron chi connectivity index (χ1n) is 5.07. The number of benzene rings is 1. The maximum absolute atomic E-state index is 13.0. The molecule has 0 amide bonds. The number of hydrogen-bond donors (Lipinski definition) is 1. The van der Waals surface area contributed by atoms with Gasteiger partial charge in [-0.2, -0.15) is 0 Å². The first-order valence-corrected chi connectivity index (χ1v) is 5.07. The number of carboxylic acids is 1. The van der Waals surface area contributed by atoms with E-state index < -0.39 is 11.9 Å². The minimum Gasteiger partial charge on any atom is -0.481 e. The van der Waals surface area contributed by atoms with Gasteiger partial charge in [0.15, 0.2) is 0 Å². The molecule has 0 aromatic heterocycles. The Morgan fingerprint density at radius 3 is 2.40 bits per heavy atom. The average molecular weight is 212 g/mol. The van der Waals surface area contributed by atoms with Crippen LogP contribution < -0.4 is 0 Å². The van der Waals surface area contributed by atoms with Crippen LogP contribution in [0.4, 0.5) is 4.39 Å². The highest BCUT2D eigenvalue weighted by molar-refractivity contribution is 5.69. The molecule has 0 heterocycles. The maximum atomic E-state index is 13.0. The molecule has 1 rings (SSSR count). The third-order valence-electron chi connectivity index (χ3n) is 1.91. The second kappa shape index (κ2) is 6.98. The van der Waals surface area contributed by atoms with E-state index in [1.165, 1.54) is 6.07 Å². The molecule has 0 spiro atoms. The van der Waals surface area contributed by atoms with Crippen molar-refractivity contribution in [1.82, 2.24) is 0 Å². The van der Waals surface area contributed by atoms with Gasteiger partial charge in [0.2, 0.25) is 0 Å². The molecule has 1 aromatic carbocycles. The third-order valence-corrected chi connectivity index (χ3v) is 1.91. The second-order valence-corrected chi connectivity index (χ2v) is 3.03. The Bertz CT molecular complexity index is 310. The fraction of sp³-hybridized carbons (Fsp3) is 0.417. The van der Waals surface area contributed by atoms with Crippen LogP contribution in [0, 0.1) is 11.7 Å². The third kappa shape index (κ3) is 4.58. The van der Waals surface area contributed by atoms with Gasteiger partial charge in [-0.15, -0.1) is 0 Å². The Kier molecular flexibility index (Phi) is 6.34. The van der Waals surface area contributed by atoms with Crippen molar-refractivity contribution in [3.63, 3.8) is 0 Å². The summed E-state index contributed by atoms with van der Waals surface area (Å²) in [6.07, 6.45) is 0.238. The summed E-state index contributed by atoms with van der Waals surface area (Å²) in [7, 11) is 0. The summed E-state index contributed by atoms with van der Waals surface area (Å²) in [6.45, 7) is 5.56. The zero-order valence-corrected chi connectivity index (χ0v) is 9.33. The minimum atomic E-state index is -0.900. The van der Waals surface area contributed by atoms with Crippen molar-refractivity contribution in [2.24, 2.45) is 5.92 Å². The molecule has 1 unspecified atom stereocenters. The molecule has 1 atom stereocenters. The molecule has 0 radical (unpaired) electrons. The van der Waals surface area contributed by atoms with E-state index in [9.17, 15) is 9.18 Å². The predicted octanol–water partition coefficient (Wildman–Crippen LogP) is 3.12. The van der Waals surface area contributed by atoms with Gasteiger partial charge in [0.05, 0.1) is 5.92 Å². The van der Waals surface area contributed by atoms with Gasteiger partial charge in [-0.1, -0.05) is 39.0 Å².